The minimum absolute atomic E-state index is 0.0168. The molecule has 0 spiro atoms. The van der Waals surface area contributed by atoms with Crippen LogP contribution < -0.4 is 9.21 Å². The summed E-state index contributed by atoms with van der Waals surface area (Å²) in [6.07, 6.45) is 1.48. The number of phenols is 1. The number of hydrogen-bond acceptors (Lipinski definition) is 6. The summed E-state index contributed by atoms with van der Waals surface area (Å²) in [6, 6.07) is 19.8. The Bertz CT molecular complexity index is 1960. The summed E-state index contributed by atoms with van der Waals surface area (Å²) in [5, 5.41) is 12.9. The number of aromatic nitrogens is 1. The second-order valence-corrected chi connectivity index (χ2v) is 12.2. The van der Waals surface area contributed by atoms with E-state index in [1.807, 2.05) is 37.2 Å². The van der Waals surface area contributed by atoms with Gasteiger partial charge in [-0.3, -0.25) is 14.1 Å². The van der Waals surface area contributed by atoms with Crippen molar-refractivity contribution in [3.8, 4) is 5.75 Å². The number of amides is 1. The summed E-state index contributed by atoms with van der Waals surface area (Å²) in [7, 11) is 1.10. The lowest BCUT2D eigenvalue weighted by Crippen LogP contribution is -2.28. The Hall–Kier alpha value is -4.70. The molecule has 0 saturated heterocycles. The molecule has 41 heavy (non-hydrogen) atoms. The molecule has 1 aliphatic rings. The van der Waals surface area contributed by atoms with E-state index in [0.29, 0.717) is 21.9 Å². The average Bonchev–Trinajstić information content (AvgIpc) is 3.28. The van der Waals surface area contributed by atoms with Gasteiger partial charge in [0, 0.05) is 67.8 Å². The number of rotatable bonds is 6. The molecule has 0 bridgehead atoms. The van der Waals surface area contributed by atoms with Crippen LogP contribution in [-0.4, -0.2) is 50.5 Å². The van der Waals surface area contributed by atoms with Crippen molar-refractivity contribution in [2.45, 2.75) is 18.0 Å². The van der Waals surface area contributed by atoms with Gasteiger partial charge in [0.25, 0.3) is 15.9 Å². The summed E-state index contributed by atoms with van der Waals surface area (Å²) < 4.78 is 43.3. The van der Waals surface area contributed by atoms with Crippen molar-refractivity contribution in [1.29, 1.82) is 0 Å². The van der Waals surface area contributed by atoms with Crippen molar-refractivity contribution in [2.75, 3.05) is 30.3 Å². The highest BCUT2D eigenvalue weighted by Crippen LogP contribution is 2.45. The first-order valence-electron chi connectivity index (χ1n) is 12.9. The van der Waals surface area contributed by atoms with Crippen LogP contribution in [0.25, 0.3) is 21.7 Å². The molecule has 1 amide bonds. The number of fused-ring (bicyclic) bond motifs is 3. The van der Waals surface area contributed by atoms with Crippen LogP contribution in [0.4, 0.5) is 15.8 Å². The maximum absolute atomic E-state index is 14.3. The Morgan fingerprint density at radius 3 is 2.34 bits per heavy atom. The van der Waals surface area contributed by atoms with Gasteiger partial charge in [-0.05, 0) is 42.0 Å². The highest BCUT2D eigenvalue weighted by atomic mass is 32.2. The van der Waals surface area contributed by atoms with Crippen LogP contribution in [0.5, 0.6) is 5.75 Å². The van der Waals surface area contributed by atoms with Gasteiger partial charge in [-0.15, -0.1) is 0 Å². The second kappa shape index (κ2) is 9.74. The molecule has 1 aromatic heterocycles. The number of benzene rings is 4. The van der Waals surface area contributed by atoms with Gasteiger partial charge in [0.2, 0.25) is 0 Å². The van der Waals surface area contributed by atoms with Gasteiger partial charge in [-0.25, -0.2) is 12.8 Å². The molecule has 8 nitrogen and oxygen atoms in total. The first-order chi connectivity index (χ1) is 19.6. The number of carbonyl (C=O) groups is 1. The Balaban J connectivity index is 1.52. The summed E-state index contributed by atoms with van der Waals surface area (Å²) in [6.45, 7) is 0.211. The summed E-state index contributed by atoms with van der Waals surface area (Å²) in [5.74, 6) is -1.14. The number of hydrogen-bond donors (Lipinski definition) is 1. The Morgan fingerprint density at radius 2 is 1.61 bits per heavy atom. The van der Waals surface area contributed by atoms with Gasteiger partial charge < -0.3 is 14.9 Å². The zero-order valence-corrected chi connectivity index (χ0v) is 23.5. The normalized spacial score (nSPS) is 13.2. The van der Waals surface area contributed by atoms with Crippen LogP contribution in [0.1, 0.15) is 21.5 Å². The first kappa shape index (κ1) is 26.5. The molecule has 0 radical (unpaired) electrons. The van der Waals surface area contributed by atoms with E-state index >= 15 is 0 Å². The summed E-state index contributed by atoms with van der Waals surface area (Å²) in [5.41, 5.74) is 2.39. The predicted molar refractivity (Wildman–Crippen MR) is 157 cm³/mol. The topological polar surface area (TPSA) is 94.0 Å². The molecule has 0 atom stereocenters. The van der Waals surface area contributed by atoms with Crippen LogP contribution in [-0.2, 0) is 23.1 Å². The van der Waals surface area contributed by atoms with Crippen LogP contribution in [0.15, 0.2) is 83.9 Å². The number of pyridine rings is 1. The number of aromatic hydroxyl groups is 1. The maximum atomic E-state index is 14.3. The van der Waals surface area contributed by atoms with E-state index in [2.05, 4.69) is 4.98 Å². The van der Waals surface area contributed by atoms with Crippen molar-refractivity contribution in [1.82, 2.24) is 9.88 Å². The van der Waals surface area contributed by atoms with E-state index in [0.717, 1.165) is 11.1 Å². The van der Waals surface area contributed by atoms with Gasteiger partial charge in [0.1, 0.15) is 11.3 Å². The molecule has 5 aromatic rings. The lowest BCUT2D eigenvalue weighted by molar-refractivity contribution is 0.0764. The smallest absolute Gasteiger partial charge is 0.264 e. The molecule has 208 valence electrons. The molecule has 0 saturated carbocycles. The molecule has 2 heterocycles. The Labute approximate surface area is 236 Å². The summed E-state index contributed by atoms with van der Waals surface area (Å²) in [4.78, 5) is 21.4. The van der Waals surface area contributed by atoms with Gasteiger partial charge in [0.15, 0.2) is 5.75 Å². The van der Waals surface area contributed by atoms with E-state index < -0.39 is 15.9 Å². The van der Waals surface area contributed by atoms with Crippen molar-refractivity contribution >= 4 is 49.0 Å². The predicted octanol–water partition coefficient (Wildman–Crippen LogP) is 5.28. The quantitative estimate of drug-likeness (QED) is 0.299. The van der Waals surface area contributed by atoms with Gasteiger partial charge >= 0.3 is 0 Å². The highest BCUT2D eigenvalue weighted by molar-refractivity contribution is 7.93. The minimum Gasteiger partial charge on any atom is -0.505 e. The van der Waals surface area contributed by atoms with Gasteiger partial charge in [-0.2, -0.15) is 0 Å². The molecule has 0 fully saturated rings. The molecular weight excluding hydrogens is 543 g/mol. The third-order valence-corrected chi connectivity index (χ3v) is 9.36. The largest absolute Gasteiger partial charge is 0.505 e. The summed E-state index contributed by atoms with van der Waals surface area (Å²) >= 11 is 0. The SMILES string of the molecule is CN(C)c1cccc2c(S(=O)(=O)N(C)c3c4c(c(O)c5ncccc35)C(=O)N(Cc3ccc(F)cc3)C4)cccc12. The number of phenolic OH excluding ortho intramolecular Hbond substituents is 1. The maximum Gasteiger partial charge on any atom is 0.264 e. The Kier molecular flexibility index (Phi) is 6.30. The van der Waals surface area contributed by atoms with Crippen LogP contribution >= 0.6 is 0 Å². The molecular formula is C31H27FN4O4S. The number of nitrogens with zero attached hydrogens (tertiary/aromatic N) is 4. The third-order valence-electron chi connectivity index (χ3n) is 7.54. The standard InChI is InChI=1S/C31H27FN4O4S/c1-34(2)25-10-4-8-22-21(25)7-5-11-26(22)41(39,40)35(3)29-23-9-6-16-33-28(23)30(37)27-24(29)18-36(31(27)38)17-19-12-14-20(32)15-13-19/h4-16,37H,17-18H2,1-3H3. The third kappa shape index (κ3) is 4.22. The zero-order valence-electron chi connectivity index (χ0n) is 22.7. The zero-order chi connectivity index (χ0) is 29.1. The molecule has 4 aromatic carbocycles. The lowest BCUT2D eigenvalue weighted by Gasteiger charge is -2.25. The van der Waals surface area contributed by atoms with E-state index in [4.69, 9.17) is 0 Å². The van der Waals surface area contributed by atoms with E-state index in [-0.39, 0.29) is 46.3 Å². The molecule has 1 aliphatic heterocycles. The van der Waals surface area contributed by atoms with Crippen molar-refractivity contribution in [3.05, 3.63) is 102 Å². The van der Waals surface area contributed by atoms with E-state index in [1.165, 1.54) is 34.6 Å². The van der Waals surface area contributed by atoms with Gasteiger partial charge in [-0.1, -0.05) is 36.4 Å². The van der Waals surface area contributed by atoms with Crippen LogP contribution in [0.3, 0.4) is 0 Å². The van der Waals surface area contributed by atoms with Gasteiger partial charge in [0.05, 0.1) is 16.1 Å². The molecule has 0 aliphatic carbocycles. The minimum atomic E-state index is -4.15. The molecule has 10 heteroatoms. The van der Waals surface area contributed by atoms with E-state index in [9.17, 15) is 22.7 Å². The monoisotopic (exact) mass is 570 g/mol. The second-order valence-electron chi connectivity index (χ2n) is 10.2. The fourth-order valence-electron chi connectivity index (χ4n) is 5.58. The fourth-order valence-corrected chi connectivity index (χ4v) is 7.03. The van der Waals surface area contributed by atoms with Crippen molar-refractivity contribution < 1.29 is 22.7 Å². The number of sulfonamides is 1. The molecule has 1 N–H and O–H groups in total. The van der Waals surface area contributed by atoms with Crippen LogP contribution in [0, 0.1) is 5.82 Å². The fraction of sp³-hybridized carbons (Fsp3) is 0.161. The molecule has 0 unspecified atom stereocenters. The van der Waals surface area contributed by atoms with Crippen molar-refractivity contribution in [2.24, 2.45) is 0 Å². The Morgan fingerprint density at radius 1 is 0.927 bits per heavy atom. The lowest BCUT2D eigenvalue weighted by atomic mass is 10.0. The highest BCUT2D eigenvalue weighted by Gasteiger charge is 2.38. The van der Waals surface area contributed by atoms with E-state index in [1.54, 1.807) is 42.5 Å². The van der Waals surface area contributed by atoms with Crippen LogP contribution in [0.2, 0.25) is 0 Å². The van der Waals surface area contributed by atoms with Crippen molar-refractivity contribution in [3.63, 3.8) is 0 Å². The average molecular weight is 571 g/mol. The number of carbonyl (C=O) groups excluding carboxylic acids is 1. The number of halogens is 1. The first-order valence-corrected chi connectivity index (χ1v) is 14.4. The number of anilines is 2. The molecule has 6 rings (SSSR count).